The van der Waals surface area contributed by atoms with Gasteiger partial charge in [-0.2, -0.15) is 0 Å². The van der Waals surface area contributed by atoms with E-state index < -0.39 is 18.5 Å². The topological polar surface area (TPSA) is 82.1 Å². The molecule has 226 valence electrons. The van der Waals surface area contributed by atoms with Crippen LogP contribution in [0.15, 0.2) is 72.8 Å². The van der Waals surface area contributed by atoms with Crippen molar-refractivity contribution in [3.63, 3.8) is 0 Å². The zero-order chi connectivity index (χ0) is 30.3. The van der Waals surface area contributed by atoms with Crippen LogP contribution in [0, 0.1) is 11.8 Å². The molecule has 0 heterocycles. The molecule has 0 unspecified atom stereocenters. The third-order valence-electron chi connectivity index (χ3n) is 7.85. The molecule has 0 amide bonds. The van der Waals surface area contributed by atoms with Gasteiger partial charge in [0, 0.05) is 12.7 Å². The molecule has 1 fully saturated rings. The van der Waals surface area contributed by atoms with Crippen LogP contribution in [0.25, 0.3) is 17.2 Å². The van der Waals surface area contributed by atoms with Gasteiger partial charge >= 0.3 is 11.9 Å². The lowest BCUT2D eigenvalue weighted by molar-refractivity contribution is -0.131. The van der Waals surface area contributed by atoms with Gasteiger partial charge in [0.25, 0.3) is 0 Å². The summed E-state index contributed by atoms with van der Waals surface area (Å²) in [5.74, 6) is 0.976. The summed E-state index contributed by atoms with van der Waals surface area (Å²) in [6.45, 7) is 9.17. The Morgan fingerprint density at radius 2 is 1.55 bits per heavy atom. The molecule has 2 aromatic rings. The van der Waals surface area contributed by atoms with Gasteiger partial charge < -0.3 is 19.3 Å². The first kappa shape index (κ1) is 33.0. The van der Waals surface area contributed by atoms with Crippen molar-refractivity contribution >= 4 is 18.0 Å². The second-order valence-corrected chi connectivity index (χ2v) is 11.2. The number of carbonyl (C=O) groups is 2. The van der Waals surface area contributed by atoms with Crippen LogP contribution in [-0.4, -0.2) is 37.4 Å². The molecule has 1 aliphatic carbocycles. The number of methoxy groups -OCH3 is 1. The third-order valence-corrected chi connectivity index (χ3v) is 7.85. The normalized spacial score (nSPS) is 16.7. The zero-order valence-electron chi connectivity index (χ0n) is 25.2. The Morgan fingerprint density at radius 3 is 2.21 bits per heavy atom. The average molecular weight is 575 g/mol. The van der Waals surface area contributed by atoms with E-state index in [9.17, 15) is 9.59 Å². The van der Waals surface area contributed by atoms with Gasteiger partial charge in [0.05, 0.1) is 24.4 Å². The van der Waals surface area contributed by atoms with E-state index in [1.807, 2.05) is 24.3 Å². The second-order valence-electron chi connectivity index (χ2n) is 11.2. The van der Waals surface area contributed by atoms with Gasteiger partial charge in [-0.15, -0.1) is 0 Å². The van der Waals surface area contributed by atoms with Crippen LogP contribution in [0.1, 0.15) is 76.7 Å². The number of hydrogen-bond acceptors (Lipinski definition) is 6. The highest BCUT2D eigenvalue weighted by atomic mass is 16.5. The van der Waals surface area contributed by atoms with Crippen molar-refractivity contribution in [3.8, 4) is 22.6 Å². The van der Waals surface area contributed by atoms with E-state index in [-0.39, 0.29) is 17.8 Å². The zero-order valence-corrected chi connectivity index (χ0v) is 25.2. The SMILES string of the molecule is C=C(CO)C(=O)Oc1ccc(-c2ccc(OC(=O)C(=C)COC)c(/C=C/C3CCC(CCCCCCC)CC3)c2)cc1. The van der Waals surface area contributed by atoms with Gasteiger partial charge in [0.15, 0.2) is 0 Å². The number of ether oxygens (including phenoxy) is 3. The molecule has 0 radical (unpaired) electrons. The summed E-state index contributed by atoms with van der Waals surface area (Å²) < 4.78 is 16.0. The van der Waals surface area contributed by atoms with Gasteiger partial charge in [0.2, 0.25) is 0 Å². The smallest absolute Gasteiger partial charge is 0.341 e. The van der Waals surface area contributed by atoms with Gasteiger partial charge in [-0.25, -0.2) is 9.59 Å². The van der Waals surface area contributed by atoms with E-state index in [0.717, 1.165) is 22.6 Å². The summed E-state index contributed by atoms with van der Waals surface area (Å²) in [4.78, 5) is 24.5. The molecule has 3 rings (SSSR count). The van der Waals surface area contributed by atoms with Gasteiger partial charge in [-0.05, 0) is 72.9 Å². The first-order valence-corrected chi connectivity index (χ1v) is 15.2. The number of allylic oxidation sites excluding steroid dienone is 1. The Bertz CT molecular complexity index is 1220. The molecule has 6 heteroatoms. The molecular formula is C36H46O6. The minimum atomic E-state index is -0.667. The lowest BCUT2D eigenvalue weighted by Crippen LogP contribution is -2.14. The highest BCUT2D eigenvalue weighted by Crippen LogP contribution is 2.35. The van der Waals surface area contributed by atoms with Crippen molar-refractivity contribution in [1.82, 2.24) is 0 Å². The molecule has 0 aromatic heterocycles. The molecule has 0 bridgehead atoms. The van der Waals surface area contributed by atoms with Crippen molar-refractivity contribution in [2.45, 2.75) is 71.1 Å². The summed E-state index contributed by atoms with van der Waals surface area (Å²) in [5.41, 5.74) is 2.88. The molecule has 0 aliphatic heterocycles. The van der Waals surface area contributed by atoms with E-state index in [1.165, 1.54) is 71.3 Å². The van der Waals surface area contributed by atoms with Crippen molar-refractivity contribution < 1.29 is 28.9 Å². The maximum Gasteiger partial charge on any atom is 0.341 e. The monoisotopic (exact) mass is 574 g/mol. The van der Waals surface area contributed by atoms with Gasteiger partial charge in [-0.3, -0.25) is 0 Å². The van der Waals surface area contributed by atoms with Crippen LogP contribution in [0.2, 0.25) is 0 Å². The number of aliphatic hydroxyl groups is 1. The van der Waals surface area contributed by atoms with Crippen LogP contribution < -0.4 is 9.47 Å². The van der Waals surface area contributed by atoms with Crippen LogP contribution in [0.5, 0.6) is 11.5 Å². The molecule has 0 atom stereocenters. The minimum absolute atomic E-state index is 0.00952. The molecule has 0 saturated heterocycles. The minimum Gasteiger partial charge on any atom is -0.423 e. The quantitative estimate of drug-likeness (QED) is 0.0944. The number of rotatable bonds is 16. The predicted octanol–water partition coefficient (Wildman–Crippen LogP) is 8.10. The number of unbranched alkanes of at least 4 members (excludes halogenated alkanes) is 4. The van der Waals surface area contributed by atoms with E-state index in [4.69, 9.17) is 19.3 Å². The third kappa shape index (κ3) is 10.4. The van der Waals surface area contributed by atoms with Gasteiger partial charge in [-0.1, -0.05) is 89.0 Å². The summed E-state index contributed by atoms with van der Waals surface area (Å²) in [5, 5.41) is 9.08. The number of carbonyl (C=O) groups excluding carboxylic acids is 2. The standard InChI is InChI=1S/C36H46O6/c1-5-6-7-8-9-10-28-11-13-29(14-12-28)15-16-32-23-31(19-22-34(32)42-36(39)27(3)25-40-4)30-17-20-33(21-18-30)41-35(38)26(2)24-37/h15-23,28-29,37H,2-3,5-14,24-25H2,1,4H3/b16-15+. The van der Waals surface area contributed by atoms with E-state index in [1.54, 1.807) is 18.2 Å². The molecule has 1 saturated carbocycles. The number of benzene rings is 2. The number of aliphatic hydroxyl groups excluding tert-OH is 1. The summed E-state index contributed by atoms with van der Waals surface area (Å²) in [6.07, 6.45) is 17.3. The largest absolute Gasteiger partial charge is 0.423 e. The highest BCUT2D eigenvalue weighted by molar-refractivity contribution is 5.91. The lowest BCUT2D eigenvalue weighted by atomic mass is 9.79. The van der Waals surface area contributed by atoms with E-state index >= 15 is 0 Å². The van der Waals surface area contributed by atoms with Crippen LogP contribution >= 0.6 is 0 Å². The Morgan fingerprint density at radius 1 is 0.881 bits per heavy atom. The molecule has 1 N–H and O–H groups in total. The Kier molecular flexibility index (Phi) is 13.7. The van der Waals surface area contributed by atoms with E-state index in [2.05, 4.69) is 32.2 Å². The number of esters is 2. The summed E-state index contributed by atoms with van der Waals surface area (Å²) in [6, 6.07) is 12.8. The van der Waals surface area contributed by atoms with Crippen molar-refractivity contribution in [2.24, 2.45) is 11.8 Å². The second kappa shape index (κ2) is 17.5. The average Bonchev–Trinajstić information content (AvgIpc) is 3.01. The summed E-state index contributed by atoms with van der Waals surface area (Å²) in [7, 11) is 1.51. The van der Waals surface area contributed by atoms with E-state index in [0.29, 0.717) is 17.4 Å². The number of hydrogen-bond donors (Lipinski definition) is 1. The predicted molar refractivity (Wildman–Crippen MR) is 168 cm³/mol. The van der Waals surface area contributed by atoms with Crippen molar-refractivity contribution in [1.29, 1.82) is 0 Å². The van der Waals surface area contributed by atoms with Crippen molar-refractivity contribution in [2.75, 3.05) is 20.3 Å². The van der Waals surface area contributed by atoms with Crippen LogP contribution in [-0.2, 0) is 14.3 Å². The van der Waals surface area contributed by atoms with Crippen molar-refractivity contribution in [3.05, 3.63) is 78.4 Å². The van der Waals surface area contributed by atoms with Gasteiger partial charge in [0.1, 0.15) is 11.5 Å². The fraction of sp³-hybridized carbons (Fsp3) is 0.444. The Balaban J connectivity index is 1.72. The first-order valence-electron chi connectivity index (χ1n) is 15.2. The first-order chi connectivity index (χ1) is 20.3. The fourth-order valence-electron chi connectivity index (χ4n) is 5.26. The molecule has 2 aromatic carbocycles. The summed E-state index contributed by atoms with van der Waals surface area (Å²) >= 11 is 0. The Labute approximate surface area is 251 Å². The maximum atomic E-state index is 12.6. The lowest BCUT2D eigenvalue weighted by Gasteiger charge is -2.26. The van der Waals surface area contributed by atoms with Crippen LogP contribution in [0.3, 0.4) is 0 Å². The molecule has 1 aliphatic rings. The Hall–Kier alpha value is -3.48. The molecule has 42 heavy (non-hydrogen) atoms. The molecule has 0 spiro atoms. The highest BCUT2D eigenvalue weighted by Gasteiger charge is 2.20. The maximum absolute atomic E-state index is 12.6. The molecular weight excluding hydrogens is 528 g/mol. The van der Waals surface area contributed by atoms with Crippen LogP contribution in [0.4, 0.5) is 0 Å². The molecule has 6 nitrogen and oxygen atoms in total. The fourth-order valence-corrected chi connectivity index (χ4v) is 5.26.